The summed E-state index contributed by atoms with van der Waals surface area (Å²) in [6, 6.07) is 11.6. The highest BCUT2D eigenvalue weighted by Gasteiger charge is 2.39. The minimum atomic E-state index is -1.10. The van der Waals surface area contributed by atoms with Crippen molar-refractivity contribution in [2.45, 2.75) is 122 Å². The Balaban J connectivity index is 1.41. The summed E-state index contributed by atoms with van der Waals surface area (Å²) in [5.74, 6) is -4.35. The molecule has 0 bridgehead atoms. The van der Waals surface area contributed by atoms with Crippen LogP contribution >= 0.6 is 11.3 Å². The number of carbonyl (C=O) groups is 5. The molecule has 0 spiro atoms. The predicted molar refractivity (Wildman–Crippen MR) is 215 cm³/mol. The maximum atomic E-state index is 14.9. The van der Waals surface area contributed by atoms with Crippen LogP contribution in [0.5, 0.6) is 0 Å². The normalized spacial score (nSPS) is 20.4. The third-order valence-corrected chi connectivity index (χ3v) is 12.3. The number of ether oxygens (including phenoxy) is 1. The fourth-order valence-corrected chi connectivity index (χ4v) is 8.85. The number of carboxylic acids is 1. The summed E-state index contributed by atoms with van der Waals surface area (Å²) >= 11 is 1.15. The molecular weight excluding hydrogens is 750 g/mol. The Hall–Kier alpha value is -4.69. The van der Waals surface area contributed by atoms with Crippen molar-refractivity contribution in [2.24, 2.45) is 11.8 Å². The molecule has 2 aliphatic rings. The van der Waals surface area contributed by atoms with Gasteiger partial charge in [-0.15, -0.1) is 11.3 Å². The second-order valence-electron chi connectivity index (χ2n) is 15.9. The highest BCUT2D eigenvalue weighted by Crippen LogP contribution is 2.35. The number of aliphatic carboxylic acids is 1. The molecule has 1 saturated heterocycles. The van der Waals surface area contributed by atoms with Crippen LogP contribution in [0.3, 0.4) is 0 Å². The van der Waals surface area contributed by atoms with Gasteiger partial charge >= 0.3 is 11.9 Å². The topological polar surface area (TPSA) is 158 Å². The number of nitrogens with zero attached hydrogens (tertiary/aromatic N) is 3. The van der Waals surface area contributed by atoms with E-state index in [0.717, 1.165) is 42.7 Å². The summed E-state index contributed by atoms with van der Waals surface area (Å²) < 4.78 is 19.9. The minimum Gasteiger partial charge on any atom is -0.481 e. The lowest BCUT2D eigenvalue weighted by molar-refractivity contribution is -0.150. The van der Waals surface area contributed by atoms with Gasteiger partial charge in [-0.1, -0.05) is 76.9 Å². The number of benzene rings is 2. The van der Waals surface area contributed by atoms with Gasteiger partial charge in [-0.2, -0.15) is 0 Å². The number of nitrogens with one attached hydrogen (secondary N) is 2. The van der Waals surface area contributed by atoms with Crippen LogP contribution in [-0.4, -0.2) is 87.3 Å². The number of likely N-dealkylation sites (N-methyl/N-ethyl adjacent to an activating group) is 1. The molecule has 0 radical (unpaired) electrons. The number of carboxylic acid groups (broad SMARTS) is 1. The highest BCUT2D eigenvalue weighted by molar-refractivity contribution is 7.09. The first-order valence-electron chi connectivity index (χ1n) is 20.0. The van der Waals surface area contributed by atoms with Crippen LogP contribution in [0.15, 0.2) is 53.9 Å². The summed E-state index contributed by atoms with van der Waals surface area (Å²) in [6.45, 7) is 10.3. The Kier molecular flexibility index (Phi) is 15.0. The first-order chi connectivity index (χ1) is 27.2. The predicted octanol–water partition coefficient (Wildman–Crippen LogP) is 6.26. The van der Waals surface area contributed by atoms with Crippen molar-refractivity contribution in [3.05, 3.63) is 87.1 Å². The van der Waals surface area contributed by atoms with Gasteiger partial charge in [0.25, 0.3) is 5.91 Å². The van der Waals surface area contributed by atoms with Gasteiger partial charge < -0.3 is 25.4 Å². The number of rotatable bonds is 16. The number of aromatic nitrogens is 1. The second kappa shape index (κ2) is 19.6. The van der Waals surface area contributed by atoms with E-state index in [9.17, 15) is 33.5 Å². The molecule has 5 rings (SSSR count). The molecule has 1 aromatic heterocycles. The Labute approximate surface area is 338 Å². The average Bonchev–Trinajstić information content (AvgIpc) is 3.68. The number of amides is 3. The zero-order valence-electron chi connectivity index (χ0n) is 33.7. The Morgan fingerprint density at radius 1 is 1.09 bits per heavy atom. The van der Waals surface area contributed by atoms with E-state index in [2.05, 4.69) is 15.6 Å². The van der Waals surface area contributed by atoms with Crippen molar-refractivity contribution in [3.63, 3.8) is 0 Å². The van der Waals surface area contributed by atoms with Gasteiger partial charge in [0.05, 0.1) is 12.0 Å². The molecule has 3 unspecified atom stereocenters. The van der Waals surface area contributed by atoms with E-state index in [1.807, 2.05) is 70.0 Å². The summed E-state index contributed by atoms with van der Waals surface area (Å²) in [5, 5.41) is 17.9. The fraction of sp³-hybridized carbons (Fsp3) is 0.535. The third kappa shape index (κ3) is 11.0. The lowest BCUT2D eigenvalue weighted by atomic mass is 9.80. The van der Waals surface area contributed by atoms with E-state index >= 15 is 0 Å². The quantitative estimate of drug-likeness (QED) is 0.142. The molecule has 1 aliphatic carbocycles. The summed E-state index contributed by atoms with van der Waals surface area (Å²) in [5.41, 5.74) is 2.03. The van der Waals surface area contributed by atoms with E-state index in [1.54, 1.807) is 16.3 Å². The van der Waals surface area contributed by atoms with Crippen LogP contribution in [0.4, 0.5) is 4.39 Å². The van der Waals surface area contributed by atoms with Crippen LogP contribution < -0.4 is 10.6 Å². The summed E-state index contributed by atoms with van der Waals surface area (Å²) in [6.07, 6.45) is 3.03. The molecule has 0 saturated carbocycles. The third-order valence-electron chi connectivity index (χ3n) is 11.4. The molecule has 7 atom stereocenters. The zero-order chi connectivity index (χ0) is 41.4. The first kappa shape index (κ1) is 43.4. The van der Waals surface area contributed by atoms with E-state index in [4.69, 9.17) is 4.74 Å². The minimum absolute atomic E-state index is 0.0782. The van der Waals surface area contributed by atoms with Crippen LogP contribution in [0.2, 0.25) is 0 Å². The standard InChI is InChI=1S/C43H56FN5O7S/c1-7-26(4)38(47-40(52)35-15-11-12-18-48(35)6)42(53)49(23-28-13-9-8-10-14-28)36(25(2)3)22-37(56-27(5)50)41-46-34(24-57-41)39(51)45-31-19-29-16-17-30(44)20-32(29)33(21-31)43(54)55/h8-10,13-14,16-17,20,24-26,31,33,35-38H,7,11-12,15,18-19,21-23H2,1-6H3,(H,45,51)(H,47,52)(H,54,55)/t26?,31-,33+,35?,36+,37+,38?/m0/s1. The van der Waals surface area contributed by atoms with E-state index in [0.29, 0.717) is 29.0 Å². The van der Waals surface area contributed by atoms with Crippen molar-refractivity contribution in [2.75, 3.05) is 13.6 Å². The van der Waals surface area contributed by atoms with Gasteiger partial charge in [-0.05, 0) is 79.9 Å². The number of esters is 1. The van der Waals surface area contributed by atoms with Gasteiger partial charge in [0.2, 0.25) is 11.8 Å². The van der Waals surface area contributed by atoms with Gasteiger partial charge in [0.15, 0.2) is 6.10 Å². The number of halogens is 1. The summed E-state index contributed by atoms with van der Waals surface area (Å²) in [4.78, 5) is 75.4. The van der Waals surface area contributed by atoms with Crippen molar-refractivity contribution in [3.8, 4) is 0 Å². The summed E-state index contributed by atoms with van der Waals surface area (Å²) in [7, 11) is 1.94. The molecule has 1 aliphatic heterocycles. The van der Waals surface area contributed by atoms with Crippen LogP contribution in [0.1, 0.15) is 117 Å². The Morgan fingerprint density at radius 3 is 2.47 bits per heavy atom. The van der Waals surface area contributed by atoms with Gasteiger partial charge in [-0.3, -0.25) is 28.9 Å². The number of fused-ring (bicyclic) bond motifs is 1. The molecule has 2 heterocycles. The number of carbonyl (C=O) groups excluding carboxylic acids is 4. The Bertz CT molecular complexity index is 1890. The molecule has 3 amide bonds. The molecule has 3 N–H and O–H groups in total. The van der Waals surface area contributed by atoms with Crippen molar-refractivity contribution >= 4 is 41.0 Å². The number of likely N-dealkylation sites (tertiary alicyclic amines) is 1. The molecular formula is C43H56FN5O7S. The monoisotopic (exact) mass is 805 g/mol. The van der Waals surface area contributed by atoms with Crippen molar-refractivity contribution < 1.29 is 38.2 Å². The first-order valence-corrected chi connectivity index (χ1v) is 20.8. The maximum absolute atomic E-state index is 14.9. The highest BCUT2D eigenvalue weighted by atomic mass is 32.1. The number of piperidine rings is 1. The Morgan fingerprint density at radius 2 is 1.82 bits per heavy atom. The van der Waals surface area contributed by atoms with E-state index in [1.165, 1.54) is 19.1 Å². The van der Waals surface area contributed by atoms with E-state index in [-0.39, 0.29) is 54.8 Å². The van der Waals surface area contributed by atoms with Crippen LogP contribution in [-0.2, 0) is 36.9 Å². The lowest BCUT2D eigenvalue weighted by Crippen LogP contribution is -2.58. The average molecular weight is 806 g/mol. The number of hydrogen-bond donors (Lipinski definition) is 3. The lowest BCUT2D eigenvalue weighted by Gasteiger charge is -2.40. The second-order valence-corrected chi connectivity index (χ2v) is 16.8. The molecule has 3 aromatic rings. The molecule has 12 nitrogen and oxygen atoms in total. The van der Waals surface area contributed by atoms with Crippen LogP contribution in [0, 0.1) is 17.7 Å². The maximum Gasteiger partial charge on any atom is 0.311 e. The van der Waals surface area contributed by atoms with E-state index < -0.39 is 53.8 Å². The zero-order valence-corrected chi connectivity index (χ0v) is 34.5. The molecule has 2 aromatic carbocycles. The molecule has 308 valence electrons. The molecule has 57 heavy (non-hydrogen) atoms. The van der Waals surface area contributed by atoms with Gasteiger partial charge in [0.1, 0.15) is 22.6 Å². The smallest absolute Gasteiger partial charge is 0.311 e. The van der Waals surface area contributed by atoms with Gasteiger partial charge in [0, 0.05) is 37.4 Å². The molecule has 1 fully saturated rings. The number of thiazole rings is 1. The van der Waals surface area contributed by atoms with Crippen LogP contribution in [0.25, 0.3) is 0 Å². The molecule has 14 heteroatoms. The van der Waals surface area contributed by atoms with Crippen molar-refractivity contribution in [1.29, 1.82) is 0 Å². The largest absolute Gasteiger partial charge is 0.481 e. The number of hydrogen-bond acceptors (Lipinski definition) is 9. The SMILES string of the molecule is CCC(C)C(NC(=O)C1CCCCN1C)C(=O)N(Cc1ccccc1)[C@H](C[C@@H](OC(C)=O)c1nc(C(=O)N[C@H]2Cc3ccc(F)cc3[C@H](C(=O)O)C2)cs1)C(C)C. The van der Waals surface area contributed by atoms with Crippen molar-refractivity contribution in [1.82, 2.24) is 25.4 Å². The van der Waals surface area contributed by atoms with Gasteiger partial charge in [-0.25, -0.2) is 9.37 Å². The fourth-order valence-electron chi connectivity index (χ4n) is 8.01.